The molecule has 2 heterocycles. The minimum atomic E-state index is -0.295. The van der Waals surface area contributed by atoms with E-state index >= 15 is 0 Å². The van der Waals surface area contributed by atoms with Crippen molar-refractivity contribution in [2.24, 2.45) is 0 Å². The van der Waals surface area contributed by atoms with Crippen LogP contribution in [0.3, 0.4) is 0 Å². The Morgan fingerprint density at radius 2 is 2.15 bits per heavy atom. The van der Waals surface area contributed by atoms with Gasteiger partial charge in [-0.15, -0.1) is 0 Å². The van der Waals surface area contributed by atoms with Crippen LogP contribution >= 0.6 is 0 Å². The van der Waals surface area contributed by atoms with E-state index in [1.165, 1.54) is 23.3 Å². The molecule has 0 unspecified atom stereocenters. The smallest absolute Gasteiger partial charge is 0.227 e. The summed E-state index contributed by atoms with van der Waals surface area (Å²) in [6, 6.07) is 10.6. The Morgan fingerprint density at radius 3 is 3.10 bits per heavy atom. The van der Waals surface area contributed by atoms with Crippen LogP contribution in [0.2, 0.25) is 0 Å². The standard InChI is InChI=1S/C16H13FN2O/c17-11-4-5-15-14(8-11)19-16(20-15)13-3-1-2-10-9-18-7-6-12(10)13/h1-5,8,18H,6-7,9H2. The van der Waals surface area contributed by atoms with Gasteiger partial charge in [-0.25, -0.2) is 9.37 Å². The fourth-order valence-electron chi connectivity index (χ4n) is 2.75. The average Bonchev–Trinajstić information content (AvgIpc) is 2.89. The van der Waals surface area contributed by atoms with Crippen molar-refractivity contribution in [3.05, 3.63) is 53.3 Å². The minimum Gasteiger partial charge on any atom is -0.436 e. The predicted molar refractivity (Wildman–Crippen MR) is 74.8 cm³/mol. The number of aromatic nitrogens is 1. The molecule has 4 rings (SSSR count). The molecule has 20 heavy (non-hydrogen) atoms. The first-order valence-electron chi connectivity index (χ1n) is 6.69. The first kappa shape index (κ1) is 11.6. The zero-order chi connectivity index (χ0) is 13.5. The number of nitrogens with zero attached hydrogens (tertiary/aromatic N) is 1. The molecule has 0 amide bonds. The Hall–Kier alpha value is -2.20. The van der Waals surface area contributed by atoms with Crippen molar-refractivity contribution in [3.63, 3.8) is 0 Å². The first-order valence-corrected chi connectivity index (χ1v) is 6.69. The van der Waals surface area contributed by atoms with Crippen molar-refractivity contribution >= 4 is 11.1 Å². The van der Waals surface area contributed by atoms with E-state index in [0.29, 0.717) is 17.0 Å². The highest BCUT2D eigenvalue weighted by Crippen LogP contribution is 2.30. The fourth-order valence-corrected chi connectivity index (χ4v) is 2.75. The molecule has 0 bridgehead atoms. The van der Waals surface area contributed by atoms with Gasteiger partial charge in [-0.3, -0.25) is 0 Å². The van der Waals surface area contributed by atoms with Crippen LogP contribution in [0.15, 0.2) is 40.8 Å². The van der Waals surface area contributed by atoms with Gasteiger partial charge in [0.1, 0.15) is 11.3 Å². The van der Waals surface area contributed by atoms with E-state index in [2.05, 4.69) is 16.4 Å². The summed E-state index contributed by atoms with van der Waals surface area (Å²) in [6.45, 7) is 1.83. The Bertz CT molecular complexity index is 794. The van der Waals surface area contributed by atoms with Gasteiger partial charge in [0.05, 0.1) is 0 Å². The van der Waals surface area contributed by atoms with Crippen LogP contribution in [0.1, 0.15) is 11.1 Å². The lowest BCUT2D eigenvalue weighted by Crippen LogP contribution is -2.24. The summed E-state index contributed by atoms with van der Waals surface area (Å²) in [5, 5.41) is 3.35. The number of hydrogen-bond donors (Lipinski definition) is 1. The summed E-state index contributed by atoms with van der Waals surface area (Å²) in [5.41, 5.74) is 4.75. The molecular weight excluding hydrogens is 255 g/mol. The number of hydrogen-bond acceptors (Lipinski definition) is 3. The Labute approximate surface area is 115 Å². The molecular formula is C16H13FN2O. The van der Waals surface area contributed by atoms with Crippen molar-refractivity contribution in [1.82, 2.24) is 10.3 Å². The molecule has 100 valence electrons. The molecule has 0 aliphatic carbocycles. The maximum absolute atomic E-state index is 13.2. The van der Waals surface area contributed by atoms with Gasteiger partial charge in [-0.2, -0.15) is 0 Å². The monoisotopic (exact) mass is 268 g/mol. The maximum Gasteiger partial charge on any atom is 0.227 e. The molecule has 4 heteroatoms. The quantitative estimate of drug-likeness (QED) is 0.736. The summed E-state index contributed by atoms with van der Waals surface area (Å²) in [6.07, 6.45) is 0.957. The van der Waals surface area contributed by atoms with E-state index < -0.39 is 0 Å². The second kappa shape index (κ2) is 4.42. The summed E-state index contributed by atoms with van der Waals surface area (Å²) in [7, 11) is 0. The van der Waals surface area contributed by atoms with Gasteiger partial charge in [0.15, 0.2) is 5.58 Å². The van der Waals surface area contributed by atoms with Crippen molar-refractivity contribution in [3.8, 4) is 11.5 Å². The number of halogens is 1. The van der Waals surface area contributed by atoms with Gasteiger partial charge in [-0.1, -0.05) is 12.1 Å². The Kier molecular flexibility index (Phi) is 2.57. The van der Waals surface area contributed by atoms with Gasteiger partial charge in [-0.05, 0) is 42.3 Å². The van der Waals surface area contributed by atoms with Crippen molar-refractivity contribution in [1.29, 1.82) is 0 Å². The number of benzene rings is 2. The second-order valence-corrected chi connectivity index (χ2v) is 5.00. The molecule has 1 aromatic heterocycles. The van der Waals surface area contributed by atoms with E-state index in [-0.39, 0.29) is 5.82 Å². The van der Waals surface area contributed by atoms with Crippen LogP contribution in [0.5, 0.6) is 0 Å². The fraction of sp³-hybridized carbons (Fsp3) is 0.188. The molecule has 0 atom stereocenters. The minimum absolute atomic E-state index is 0.295. The molecule has 2 aromatic carbocycles. The topological polar surface area (TPSA) is 38.1 Å². The lowest BCUT2D eigenvalue weighted by Gasteiger charge is -2.18. The van der Waals surface area contributed by atoms with Gasteiger partial charge in [0, 0.05) is 18.2 Å². The van der Waals surface area contributed by atoms with E-state index in [9.17, 15) is 4.39 Å². The van der Waals surface area contributed by atoms with Crippen molar-refractivity contribution < 1.29 is 8.81 Å². The highest BCUT2D eigenvalue weighted by molar-refractivity contribution is 5.77. The Balaban J connectivity index is 1.90. The third kappa shape index (κ3) is 1.80. The lowest BCUT2D eigenvalue weighted by molar-refractivity contribution is 0.608. The van der Waals surface area contributed by atoms with E-state index in [4.69, 9.17) is 4.42 Å². The van der Waals surface area contributed by atoms with Crippen LogP contribution in [0, 0.1) is 5.82 Å². The third-order valence-corrected chi connectivity index (χ3v) is 3.72. The van der Waals surface area contributed by atoms with Crippen LogP contribution in [0.25, 0.3) is 22.6 Å². The number of fused-ring (bicyclic) bond motifs is 2. The summed E-state index contributed by atoms with van der Waals surface area (Å²) < 4.78 is 19.0. The predicted octanol–water partition coefficient (Wildman–Crippen LogP) is 3.28. The average molecular weight is 268 g/mol. The molecule has 0 spiro atoms. The largest absolute Gasteiger partial charge is 0.436 e. The summed E-state index contributed by atoms with van der Waals surface area (Å²) in [4.78, 5) is 4.42. The van der Waals surface area contributed by atoms with Gasteiger partial charge in [0.25, 0.3) is 0 Å². The third-order valence-electron chi connectivity index (χ3n) is 3.72. The maximum atomic E-state index is 13.2. The SMILES string of the molecule is Fc1ccc2oc(-c3cccc4c3CCNC4)nc2c1. The zero-order valence-electron chi connectivity index (χ0n) is 10.8. The zero-order valence-corrected chi connectivity index (χ0v) is 10.8. The van der Waals surface area contributed by atoms with E-state index in [0.717, 1.165) is 25.1 Å². The summed E-state index contributed by atoms with van der Waals surface area (Å²) >= 11 is 0. The van der Waals surface area contributed by atoms with Gasteiger partial charge < -0.3 is 9.73 Å². The van der Waals surface area contributed by atoms with Crippen molar-refractivity contribution in [2.45, 2.75) is 13.0 Å². The molecule has 0 radical (unpaired) electrons. The number of nitrogens with one attached hydrogen (secondary N) is 1. The van der Waals surface area contributed by atoms with E-state index in [1.54, 1.807) is 6.07 Å². The second-order valence-electron chi connectivity index (χ2n) is 5.00. The molecule has 3 aromatic rings. The van der Waals surface area contributed by atoms with Crippen LogP contribution < -0.4 is 5.32 Å². The van der Waals surface area contributed by atoms with Crippen LogP contribution in [-0.2, 0) is 13.0 Å². The molecule has 0 saturated carbocycles. The number of rotatable bonds is 1. The van der Waals surface area contributed by atoms with Crippen LogP contribution in [0.4, 0.5) is 4.39 Å². The van der Waals surface area contributed by atoms with Gasteiger partial charge in [0.2, 0.25) is 5.89 Å². The van der Waals surface area contributed by atoms with Gasteiger partial charge >= 0.3 is 0 Å². The molecule has 1 N–H and O–H groups in total. The normalized spacial score (nSPS) is 14.4. The first-order chi connectivity index (χ1) is 9.81. The lowest BCUT2D eigenvalue weighted by atomic mass is 9.95. The van der Waals surface area contributed by atoms with Crippen molar-refractivity contribution in [2.75, 3.05) is 6.54 Å². The van der Waals surface area contributed by atoms with Crippen LogP contribution in [-0.4, -0.2) is 11.5 Å². The molecule has 1 aliphatic rings. The summed E-state index contributed by atoms with van der Waals surface area (Å²) in [5.74, 6) is 0.279. The molecule has 1 aliphatic heterocycles. The highest BCUT2D eigenvalue weighted by Gasteiger charge is 2.17. The Morgan fingerprint density at radius 1 is 1.20 bits per heavy atom. The number of oxazole rings is 1. The molecule has 3 nitrogen and oxygen atoms in total. The van der Waals surface area contributed by atoms with E-state index in [1.807, 2.05) is 12.1 Å². The molecule has 0 saturated heterocycles. The highest BCUT2D eigenvalue weighted by atomic mass is 19.1. The molecule has 0 fully saturated rings.